The Labute approximate surface area is 171 Å². The van der Waals surface area contributed by atoms with Crippen molar-refractivity contribution < 1.29 is 14.3 Å². The lowest BCUT2D eigenvalue weighted by atomic mass is 9.74. The highest BCUT2D eigenvalue weighted by Gasteiger charge is 2.55. The summed E-state index contributed by atoms with van der Waals surface area (Å²) in [6, 6.07) is 7.97. The van der Waals surface area contributed by atoms with Gasteiger partial charge in [0.15, 0.2) is 6.61 Å². The van der Waals surface area contributed by atoms with Crippen molar-refractivity contribution in [1.82, 2.24) is 4.98 Å². The highest BCUT2D eigenvalue weighted by atomic mass is 32.2. The van der Waals surface area contributed by atoms with Crippen LogP contribution in [0.25, 0.3) is 0 Å². The van der Waals surface area contributed by atoms with Crippen LogP contribution in [0, 0.1) is 17.8 Å². The van der Waals surface area contributed by atoms with Crippen LogP contribution in [-0.4, -0.2) is 29.4 Å². The minimum Gasteiger partial charge on any atom is -0.482 e. The van der Waals surface area contributed by atoms with E-state index in [9.17, 15) is 9.59 Å². The van der Waals surface area contributed by atoms with Gasteiger partial charge < -0.3 is 14.5 Å². The third kappa shape index (κ3) is 2.99. The third-order valence-electron chi connectivity index (χ3n) is 6.37. The molecule has 1 N–H and O–H groups in total. The van der Waals surface area contributed by atoms with Crippen LogP contribution in [0.15, 0.2) is 34.1 Å². The summed E-state index contributed by atoms with van der Waals surface area (Å²) < 4.78 is 10.9. The fraction of sp³-hybridized carbons (Fsp3) is 0.524. The van der Waals surface area contributed by atoms with Crippen LogP contribution in [-0.2, 0) is 9.53 Å². The van der Waals surface area contributed by atoms with Gasteiger partial charge in [-0.15, -0.1) is 11.8 Å². The summed E-state index contributed by atoms with van der Waals surface area (Å²) in [5.74, 6) is 2.48. The van der Waals surface area contributed by atoms with Crippen LogP contribution < -0.4 is 9.61 Å². The van der Waals surface area contributed by atoms with Crippen LogP contribution in [0.2, 0.25) is 0 Å². The fourth-order valence-electron chi connectivity index (χ4n) is 5.41. The molecule has 0 saturated heterocycles. The number of benzene rings is 1. The molecule has 2 fully saturated rings. The molecule has 2 bridgehead atoms. The zero-order valence-corrected chi connectivity index (χ0v) is 17.3. The van der Waals surface area contributed by atoms with Crippen LogP contribution in [0.1, 0.15) is 42.5 Å². The van der Waals surface area contributed by atoms with E-state index in [4.69, 9.17) is 9.47 Å². The Morgan fingerprint density at radius 1 is 1.25 bits per heavy atom. The lowest BCUT2D eigenvalue weighted by Crippen LogP contribution is -2.34. The van der Waals surface area contributed by atoms with Gasteiger partial charge in [0, 0.05) is 21.6 Å². The molecule has 148 valence electrons. The van der Waals surface area contributed by atoms with Gasteiger partial charge in [-0.05, 0) is 50.0 Å². The summed E-state index contributed by atoms with van der Waals surface area (Å²) >= 11 is 3.21. The van der Waals surface area contributed by atoms with Crippen molar-refractivity contribution in [3.63, 3.8) is 0 Å². The number of nitrogens with one attached hydrogen (secondary N) is 1. The number of hydrogen-bond donors (Lipinski definition) is 1. The minimum atomic E-state index is -0.360. The SMILES string of the molecule is CCOC(=O)COc1ccccc1[C@@H]1c2sc(=O)[nH]c2S[C@@H]2[C@@H]3CC[C@H](C3)[C@H]12. The van der Waals surface area contributed by atoms with Crippen molar-refractivity contribution in [2.24, 2.45) is 17.8 Å². The average molecular weight is 418 g/mol. The molecule has 1 aliphatic heterocycles. The quantitative estimate of drug-likeness (QED) is 0.744. The van der Waals surface area contributed by atoms with E-state index in [1.807, 2.05) is 30.0 Å². The maximum absolute atomic E-state index is 12.2. The number of thiazole rings is 1. The molecule has 5 rings (SSSR count). The Kier molecular flexibility index (Phi) is 4.75. The van der Waals surface area contributed by atoms with E-state index >= 15 is 0 Å². The van der Waals surface area contributed by atoms with Crippen molar-refractivity contribution >= 4 is 29.1 Å². The molecular formula is C21H23NO4S2. The molecule has 0 unspecified atom stereocenters. The van der Waals surface area contributed by atoms with Crippen molar-refractivity contribution in [3.8, 4) is 5.75 Å². The first-order chi connectivity index (χ1) is 13.7. The number of ether oxygens (including phenoxy) is 2. The topological polar surface area (TPSA) is 68.4 Å². The van der Waals surface area contributed by atoms with Gasteiger partial charge in [0.25, 0.3) is 0 Å². The van der Waals surface area contributed by atoms with Crippen molar-refractivity contribution in [2.45, 2.75) is 42.4 Å². The average Bonchev–Trinajstić information content (AvgIpc) is 3.39. The number of H-pyrrole nitrogens is 1. The standard InChI is InChI=1S/C21H23NO4S2/c1-2-25-15(23)10-26-14-6-4-3-5-13(14)17-16-11-7-8-12(9-11)18(16)27-20-19(17)28-21(24)22-20/h3-6,11-12,16-18H,2,7-10H2,1H3,(H,22,24)/t11-,12-,16-,17+,18-/m1/s1. The summed E-state index contributed by atoms with van der Waals surface area (Å²) in [4.78, 5) is 28.2. The molecule has 2 heterocycles. The highest BCUT2D eigenvalue weighted by molar-refractivity contribution is 8.00. The predicted octanol–water partition coefficient (Wildman–Crippen LogP) is 4.03. The number of carbonyl (C=O) groups is 1. The van der Waals surface area contributed by atoms with E-state index < -0.39 is 0 Å². The summed E-state index contributed by atoms with van der Waals surface area (Å²) in [6.45, 7) is 2.04. The zero-order chi connectivity index (χ0) is 19.3. The summed E-state index contributed by atoms with van der Waals surface area (Å²) in [6.07, 6.45) is 3.88. The Morgan fingerprint density at radius 3 is 2.93 bits per heavy atom. The van der Waals surface area contributed by atoms with E-state index in [1.165, 1.54) is 30.6 Å². The van der Waals surface area contributed by atoms with E-state index in [2.05, 4.69) is 11.1 Å². The summed E-state index contributed by atoms with van der Waals surface area (Å²) in [5, 5.41) is 1.59. The number of thioether (sulfide) groups is 1. The second-order valence-corrected chi connectivity index (χ2v) is 10.0. The molecule has 2 aromatic rings. The monoisotopic (exact) mass is 417 g/mol. The number of hydrogen-bond acceptors (Lipinski definition) is 6. The number of esters is 1. The van der Waals surface area contributed by atoms with E-state index in [1.54, 1.807) is 6.92 Å². The molecule has 2 aliphatic carbocycles. The summed E-state index contributed by atoms with van der Waals surface area (Å²) in [7, 11) is 0. The second kappa shape index (κ2) is 7.26. The van der Waals surface area contributed by atoms with Gasteiger partial charge in [-0.3, -0.25) is 4.79 Å². The largest absolute Gasteiger partial charge is 0.482 e. The van der Waals surface area contributed by atoms with Crippen molar-refractivity contribution in [1.29, 1.82) is 0 Å². The summed E-state index contributed by atoms with van der Waals surface area (Å²) in [5.41, 5.74) is 1.09. The number of rotatable bonds is 5. The van der Waals surface area contributed by atoms with Gasteiger partial charge in [-0.1, -0.05) is 29.5 Å². The lowest BCUT2D eigenvalue weighted by Gasteiger charge is -2.40. The van der Waals surface area contributed by atoms with Crippen molar-refractivity contribution in [2.75, 3.05) is 13.2 Å². The number of aromatic amines is 1. The Bertz CT molecular complexity index is 952. The Balaban J connectivity index is 1.54. The highest BCUT2D eigenvalue weighted by Crippen LogP contribution is 2.64. The van der Waals surface area contributed by atoms with E-state index in [0.717, 1.165) is 27.1 Å². The van der Waals surface area contributed by atoms with Gasteiger partial charge >= 0.3 is 10.8 Å². The van der Waals surface area contributed by atoms with Gasteiger partial charge in [0.05, 0.1) is 11.6 Å². The molecular weight excluding hydrogens is 394 g/mol. The second-order valence-electron chi connectivity index (χ2n) is 7.81. The fourth-order valence-corrected chi connectivity index (χ4v) is 8.29. The van der Waals surface area contributed by atoms with Crippen LogP contribution in [0.3, 0.4) is 0 Å². The number of carbonyl (C=O) groups excluding carboxylic acids is 1. The molecule has 0 radical (unpaired) electrons. The van der Waals surface area contributed by atoms with Crippen LogP contribution in [0.4, 0.5) is 0 Å². The first-order valence-corrected chi connectivity index (χ1v) is 11.6. The van der Waals surface area contributed by atoms with Crippen LogP contribution in [0.5, 0.6) is 5.75 Å². The number of aromatic nitrogens is 1. The number of fused-ring (bicyclic) bond motifs is 6. The molecule has 3 aliphatic rings. The zero-order valence-electron chi connectivity index (χ0n) is 15.7. The van der Waals surface area contributed by atoms with Gasteiger partial charge in [0.2, 0.25) is 0 Å². The van der Waals surface area contributed by atoms with E-state index in [0.29, 0.717) is 23.7 Å². The maximum atomic E-state index is 12.2. The molecule has 2 saturated carbocycles. The third-order valence-corrected chi connectivity index (χ3v) is 8.99. The first kappa shape index (κ1) is 18.3. The molecule has 28 heavy (non-hydrogen) atoms. The Hall–Kier alpha value is -1.73. The smallest absolute Gasteiger partial charge is 0.344 e. The predicted molar refractivity (Wildman–Crippen MR) is 109 cm³/mol. The molecule has 1 aromatic heterocycles. The van der Waals surface area contributed by atoms with Crippen LogP contribution >= 0.6 is 23.1 Å². The van der Waals surface area contributed by atoms with Gasteiger partial charge in [0.1, 0.15) is 5.75 Å². The van der Waals surface area contributed by atoms with Gasteiger partial charge in [-0.2, -0.15) is 0 Å². The molecule has 5 nitrogen and oxygen atoms in total. The lowest BCUT2D eigenvalue weighted by molar-refractivity contribution is -0.145. The van der Waals surface area contributed by atoms with Crippen molar-refractivity contribution in [3.05, 3.63) is 44.4 Å². The molecule has 0 spiro atoms. The number of para-hydroxylation sites is 1. The minimum absolute atomic E-state index is 0.0137. The maximum Gasteiger partial charge on any atom is 0.344 e. The molecule has 0 amide bonds. The first-order valence-electron chi connectivity index (χ1n) is 9.92. The molecule has 7 heteroatoms. The normalized spacial score (nSPS) is 30.0. The van der Waals surface area contributed by atoms with E-state index in [-0.39, 0.29) is 23.4 Å². The molecule has 5 atom stereocenters. The molecule has 1 aromatic carbocycles. The van der Waals surface area contributed by atoms with Gasteiger partial charge in [-0.25, -0.2) is 4.79 Å². The Morgan fingerprint density at radius 2 is 2.07 bits per heavy atom.